The van der Waals surface area contributed by atoms with Crippen molar-refractivity contribution >= 4 is 23.5 Å². The third kappa shape index (κ3) is 2.25. The Morgan fingerprint density at radius 1 is 1.50 bits per heavy atom. The van der Waals surface area contributed by atoms with Crippen molar-refractivity contribution in [1.82, 2.24) is 15.1 Å². The minimum absolute atomic E-state index is 0.316. The average Bonchev–Trinajstić information content (AvgIpc) is 2.39. The first-order valence-electron chi connectivity index (χ1n) is 5.14. The van der Waals surface area contributed by atoms with Crippen LogP contribution >= 0.6 is 11.8 Å². The standard InChI is InChI=1S/C10H13ClN4O/c11-14-10(16)8-2-1-3-13-9(8)15-6-4-12-5-7-15/h1-3,12H,4-7H2,(H,14,16). The van der Waals surface area contributed by atoms with Crippen LogP contribution < -0.4 is 15.1 Å². The lowest BCUT2D eigenvalue weighted by atomic mass is 10.2. The third-order valence-corrected chi connectivity index (χ3v) is 2.71. The van der Waals surface area contributed by atoms with Crippen LogP contribution in [0.3, 0.4) is 0 Å². The number of hydrogen-bond donors (Lipinski definition) is 2. The van der Waals surface area contributed by atoms with Gasteiger partial charge in [-0.2, -0.15) is 0 Å². The number of carbonyl (C=O) groups is 1. The number of pyridine rings is 1. The van der Waals surface area contributed by atoms with E-state index >= 15 is 0 Å². The summed E-state index contributed by atoms with van der Waals surface area (Å²) in [5.74, 6) is 0.380. The largest absolute Gasteiger partial charge is 0.353 e. The predicted molar refractivity (Wildman–Crippen MR) is 62.6 cm³/mol. The molecule has 0 aromatic carbocycles. The molecule has 1 fully saturated rings. The van der Waals surface area contributed by atoms with Crippen molar-refractivity contribution in [3.8, 4) is 0 Å². The zero-order chi connectivity index (χ0) is 11.4. The number of aromatic nitrogens is 1. The Labute approximate surface area is 98.9 Å². The number of piperazine rings is 1. The number of nitrogens with zero attached hydrogens (tertiary/aromatic N) is 2. The molecule has 86 valence electrons. The van der Waals surface area contributed by atoms with E-state index in [0.717, 1.165) is 26.2 Å². The molecule has 16 heavy (non-hydrogen) atoms. The molecule has 6 heteroatoms. The van der Waals surface area contributed by atoms with Crippen LogP contribution in [0.1, 0.15) is 10.4 Å². The highest BCUT2D eigenvalue weighted by Crippen LogP contribution is 2.17. The Morgan fingerprint density at radius 3 is 2.94 bits per heavy atom. The molecule has 1 amide bonds. The van der Waals surface area contributed by atoms with Gasteiger partial charge in [-0.25, -0.2) is 4.98 Å². The van der Waals surface area contributed by atoms with E-state index in [1.807, 2.05) is 0 Å². The smallest absolute Gasteiger partial charge is 0.269 e. The number of anilines is 1. The number of rotatable bonds is 2. The van der Waals surface area contributed by atoms with Crippen molar-refractivity contribution in [2.24, 2.45) is 0 Å². The number of halogens is 1. The van der Waals surface area contributed by atoms with Crippen molar-refractivity contribution < 1.29 is 4.79 Å². The molecule has 1 aliphatic rings. The summed E-state index contributed by atoms with van der Waals surface area (Å²) in [6.07, 6.45) is 1.68. The number of hydrogen-bond acceptors (Lipinski definition) is 4. The molecule has 0 bridgehead atoms. The van der Waals surface area contributed by atoms with Crippen LogP contribution in [0.5, 0.6) is 0 Å². The maximum Gasteiger partial charge on any atom is 0.269 e. The highest BCUT2D eigenvalue weighted by atomic mass is 35.5. The maximum atomic E-state index is 11.6. The minimum Gasteiger partial charge on any atom is -0.353 e. The Bertz CT molecular complexity index is 379. The number of nitrogens with one attached hydrogen (secondary N) is 2. The maximum absolute atomic E-state index is 11.6. The Balaban J connectivity index is 2.28. The van der Waals surface area contributed by atoms with Gasteiger partial charge in [0.2, 0.25) is 0 Å². The minimum atomic E-state index is -0.316. The molecular weight excluding hydrogens is 228 g/mol. The second-order valence-electron chi connectivity index (χ2n) is 3.54. The van der Waals surface area contributed by atoms with Gasteiger partial charge in [0.15, 0.2) is 0 Å². The Hall–Kier alpha value is -1.33. The molecule has 2 N–H and O–H groups in total. The molecule has 1 aromatic rings. The van der Waals surface area contributed by atoms with Gasteiger partial charge in [0.05, 0.1) is 5.56 Å². The lowest BCUT2D eigenvalue weighted by Gasteiger charge is -2.29. The zero-order valence-corrected chi connectivity index (χ0v) is 9.50. The van der Waals surface area contributed by atoms with E-state index in [1.165, 1.54) is 0 Å². The molecular formula is C10H13ClN4O. The fourth-order valence-electron chi connectivity index (χ4n) is 1.75. The van der Waals surface area contributed by atoms with Gasteiger partial charge in [-0.1, -0.05) is 0 Å². The van der Waals surface area contributed by atoms with Gasteiger partial charge in [-0.15, -0.1) is 0 Å². The third-order valence-electron chi connectivity index (χ3n) is 2.53. The average molecular weight is 241 g/mol. The topological polar surface area (TPSA) is 57.3 Å². The summed E-state index contributed by atoms with van der Waals surface area (Å²) in [5, 5.41) is 3.25. The molecule has 2 rings (SSSR count). The first-order valence-corrected chi connectivity index (χ1v) is 5.52. The van der Waals surface area contributed by atoms with Crippen LogP contribution in [0.2, 0.25) is 0 Å². The van der Waals surface area contributed by atoms with Crippen LogP contribution in [-0.4, -0.2) is 37.1 Å². The normalized spacial score (nSPS) is 15.9. The highest BCUT2D eigenvalue weighted by molar-refractivity contribution is 6.24. The second-order valence-corrected chi connectivity index (χ2v) is 3.72. The molecule has 0 unspecified atom stereocenters. The molecule has 1 aromatic heterocycles. The van der Waals surface area contributed by atoms with Crippen LogP contribution in [0.25, 0.3) is 0 Å². The molecule has 0 aliphatic carbocycles. The van der Waals surface area contributed by atoms with E-state index < -0.39 is 0 Å². The van der Waals surface area contributed by atoms with Crippen LogP contribution in [0.4, 0.5) is 5.82 Å². The fourth-order valence-corrected chi connectivity index (χ4v) is 1.86. The van der Waals surface area contributed by atoms with Gasteiger partial charge in [0, 0.05) is 44.2 Å². The Morgan fingerprint density at radius 2 is 2.25 bits per heavy atom. The summed E-state index contributed by atoms with van der Waals surface area (Å²) in [7, 11) is 0. The van der Waals surface area contributed by atoms with E-state index in [9.17, 15) is 4.79 Å². The SMILES string of the molecule is O=C(NCl)c1cccnc1N1CCNCC1. The van der Waals surface area contributed by atoms with Gasteiger partial charge < -0.3 is 10.2 Å². The highest BCUT2D eigenvalue weighted by Gasteiger charge is 2.18. The molecule has 5 nitrogen and oxygen atoms in total. The number of carbonyl (C=O) groups excluding carboxylic acids is 1. The van der Waals surface area contributed by atoms with Crippen molar-refractivity contribution in [2.45, 2.75) is 0 Å². The van der Waals surface area contributed by atoms with Crippen LogP contribution in [0.15, 0.2) is 18.3 Å². The molecule has 0 saturated carbocycles. The van der Waals surface area contributed by atoms with E-state index in [1.54, 1.807) is 18.3 Å². The van der Waals surface area contributed by atoms with E-state index in [-0.39, 0.29) is 5.91 Å². The summed E-state index contributed by atoms with van der Waals surface area (Å²) >= 11 is 5.34. The molecule has 0 atom stereocenters. The summed E-state index contributed by atoms with van der Waals surface area (Å²) in [5.41, 5.74) is 0.513. The van der Waals surface area contributed by atoms with Crippen molar-refractivity contribution in [1.29, 1.82) is 0 Å². The van der Waals surface area contributed by atoms with E-state index in [4.69, 9.17) is 11.8 Å². The van der Waals surface area contributed by atoms with Crippen molar-refractivity contribution in [3.63, 3.8) is 0 Å². The van der Waals surface area contributed by atoms with Gasteiger partial charge >= 0.3 is 0 Å². The lowest BCUT2D eigenvalue weighted by Crippen LogP contribution is -2.44. The monoisotopic (exact) mass is 240 g/mol. The van der Waals surface area contributed by atoms with E-state index in [2.05, 4.69) is 20.0 Å². The van der Waals surface area contributed by atoms with Gasteiger partial charge in [0.1, 0.15) is 5.82 Å². The van der Waals surface area contributed by atoms with Gasteiger partial charge in [-0.05, 0) is 12.1 Å². The van der Waals surface area contributed by atoms with Crippen LogP contribution in [-0.2, 0) is 0 Å². The second kappa shape index (κ2) is 5.14. The quantitative estimate of drug-likeness (QED) is 0.734. The lowest BCUT2D eigenvalue weighted by molar-refractivity contribution is 0.0982. The molecule has 2 heterocycles. The Kier molecular flexibility index (Phi) is 3.58. The molecule has 0 spiro atoms. The molecule has 1 saturated heterocycles. The van der Waals surface area contributed by atoms with Crippen molar-refractivity contribution in [3.05, 3.63) is 23.9 Å². The van der Waals surface area contributed by atoms with Gasteiger partial charge in [-0.3, -0.25) is 9.63 Å². The summed E-state index contributed by atoms with van der Waals surface area (Å²) in [6, 6.07) is 3.45. The predicted octanol–water partition coefficient (Wildman–Crippen LogP) is 0.375. The van der Waals surface area contributed by atoms with Gasteiger partial charge in [0.25, 0.3) is 5.91 Å². The molecule has 0 radical (unpaired) electrons. The summed E-state index contributed by atoms with van der Waals surface area (Å²) in [6.45, 7) is 3.50. The fraction of sp³-hybridized carbons (Fsp3) is 0.400. The zero-order valence-electron chi connectivity index (χ0n) is 8.74. The number of amides is 1. The van der Waals surface area contributed by atoms with Crippen molar-refractivity contribution in [2.75, 3.05) is 31.1 Å². The first-order chi connectivity index (χ1) is 7.83. The van der Waals surface area contributed by atoms with Crippen LogP contribution in [0, 0.1) is 0 Å². The summed E-state index contributed by atoms with van der Waals surface area (Å²) in [4.78, 5) is 20.0. The molecule has 1 aliphatic heterocycles. The summed E-state index contributed by atoms with van der Waals surface area (Å²) < 4.78 is 0. The first kappa shape index (κ1) is 11.2. The van der Waals surface area contributed by atoms with E-state index in [0.29, 0.717) is 11.4 Å².